The average Bonchev–Trinajstić information content (AvgIpc) is 2.73. The minimum absolute atomic E-state index is 1.04. The van der Waals surface area contributed by atoms with Crippen molar-refractivity contribution in [3.8, 4) is 11.1 Å². The molecule has 3 rings (SSSR count). The zero-order chi connectivity index (χ0) is 13.4. The lowest BCUT2D eigenvalue weighted by atomic mass is 10.0. The van der Waals surface area contributed by atoms with E-state index in [2.05, 4.69) is 57.3 Å². The first kappa shape index (κ1) is 11.8. The summed E-state index contributed by atoms with van der Waals surface area (Å²) >= 11 is 0. The molecule has 0 amide bonds. The zero-order valence-electron chi connectivity index (χ0n) is 11.4. The highest BCUT2D eigenvalue weighted by atomic mass is 15.0. The highest BCUT2D eigenvalue weighted by Gasteiger charge is 2.06. The molecule has 1 heterocycles. The predicted octanol–water partition coefficient (Wildman–Crippen LogP) is 3.59. The van der Waals surface area contributed by atoms with Crippen LogP contribution in [0.1, 0.15) is 5.82 Å². The largest absolute Gasteiger partial charge is 0.388 e. The standard InChI is InChI=1S/C16H17N3/c1-11-18-15-10-13(7-8-16(15)19(11)3)12-5-4-6-14(9-12)17-2/h4-10,17H,1-3H3. The second-order valence-corrected chi connectivity index (χ2v) is 4.75. The van der Waals surface area contributed by atoms with E-state index in [9.17, 15) is 0 Å². The van der Waals surface area contributed by atoms with Crippen molar-refractivity contribution < 1.29 is 0 Å². The lowest BCUT2D eigenvalue weighted by Gasteiger charge is -2.05. The first-order valence-corrected chi connectivity index (χ1v) is 6.40. The number of hydrogen-bond donors (Lipinski definition) is 1. The molecule has 3 nitrogen and oxygen atoms in total. The van der Waals surface area contributed by atoms with Crippen molar-refractivity contribution in [3.63, 3.8) is 0 Å². The number of aryl methyl sites for hydroxylation is 2. The van der Waals surface area contributed by atoms with Crippen molar-refractivity contribution in [2.75, 3.05) is 12.4 Å². The fraction of sp³-hybridized carbons (Fsp3) is 0.188. The lowest BCUT2D eigenvalue weighted by molar-refractivity contribution is 0.886. The predicted molar refractivity (Wildman–Crippen MR) is 80.4 cm³/mol. The topological polar surface area (TPSA) is 29.9 Å². The molecule has 0 saturated heterocycles. The minimum Gasteiger partial charge on any atom is -0.388 e. The van der Waals surface area contributed by atoms with Gasteiger partial charge in [-0.3, -0.25) is 0 Å². The van der Waals surface area contributed by atoms with Gasteiger partial charge in [-0.25, -0.2) is 4.98 Å². The third-order valence-corrected chi connectivity index (χ3v) is 3.59. The number of benzene rings is 2. The Morgan fingerprint density at radius 2 is 1.84 bits per heavy atom. The van der Waals surface area contributed by atoms with Gasteiger partial charge in [-0.2, -0.15) is 0 Å². The van der Waals surface area contributed by atoms with Gasteiger partial charge in [0.2, 0.25) is 0 Å². The van der Waals surface area contributed by atoms with Gasteiger partial charge in [-0.1, -0.05) is 18.2 Å². The highest BCUT2D eigenvalue weighted by molar-refractivity contribution is 5.83. The molecule has 1 N–H and O–H groups in total. The van der Waals surface area contributed by atoms with Crippen LogP contribution in [0.5, 0.6) is 0 Å². The van der Waals surface area contributed by atoms with Crippen LogP contribution in [0.4, 0.5) is 5.69 Å². The van der Waals surface area contributed by atoms with Crippen LogP contribution in [0.3, 0.4) is 0 Å². The van der Waals surface area contributed by atoms with Crippen LogP contribution in [0, 0.1) is 6.92 Å². The van der Waals surface area contributed by atoms with Gasteiger partial charge in [-0.05, 0) is 42.3 Å². The second-order valence-electron chi connectivity index (χ2n) is 4.75. The van der Waals surface area contributed by atoms with Gasteiger partial charge in [0.25, 0.3) is 0 Å². The van der Waals surface area contributed by atoms with Crippen molar-refractivity contribution in [2.45, 2.75) is 6.92 Å². The van der Waals surface area contributed by atoms with Crippen molar-refractivity contribution in [3.05, 3.63) is 48.3 Å². The number of anilines is 1. The average molecular weight is 251 g/mol. The number of rotatable bonds is 2. The first-order valence-electron chi connectivity index (χ1n) is 6.40. The molecule has 0 bridgehead atoms. The van der Waals surface area contributed by atoms with Crippen molar-refractivity contribution in [1.29, 1.82) is 0 Å². The molecular formula is C16H17N3. The fourth-order valence-electron chi connectivity index (χ4n) is 2.35. The van der Waals surface area contributed by atoms with E-state index in [-0.39, 0.29) is 0 Å². The van der Waals surface area contributed by atoms with Gasteiger partial charge in [0, 0.05) is 19.8 Å². The Kier molecular flexibility index (Phi) is 2.75. The number of nitrogens with one attached hydrogen (secondary N) is 1. The molecule has 1 aromatic heterocycles. The molecule has 0 saturated carbocycles. The quantitative estimate of drug-likeness (QED) is 0.754. The summed E-state index contributed by atoms with van der Waals surface area (Å²) < 4.78 is 2.11. The monoisotopic (exact) mass is 251 g/mol. The smallest absolute Gasteiger partial charge is 0.106 e. The van der Waals surface area contributed by atoms with Gasteiger partial charge in [0.1, 0.15) is 5.82 Å². The van der Waals surface area contributed by atoms with E-state index in [1.165, 1.54) is 16.6 Å². The van der Waals surface area contributed by atoms with Gasteiger partial charge < -0.3 is 9.88 Å². The molecule has 2 aromatic carbocycles. The molecule has 0 fully saturated rings. The van der Waals surface area contributed by atoms with Crippen LogP contribution in [-0.4, -0.2) is 16.6 Å². The molecular weight excluding hydrogens is 234 g/mol. The minimum atomic E-state index is 1.04. The van der Waals surface area contributed by atoms with Gasteiger partial charge in [-0.15, -0.1) is 0 Å². The van der Waals surface area contributed by atoms with Crippen LogP contribution in [-0.2, 0) is 7.05 Å². The van der Waals surface area contributed by atoms with Crippen LogP contribution < -0.4 is 5.32 Å². The maximum atomic E-state index is 4.59. The summed E-state index contributed by atoms with van der Waals surface area (Å²) in [5.41, 5.74) is 5.74. The van der Waals surface area contributed by atoms with Crippen molar-refractivity contribution in [2.24, 2.45) is 7.05 Å². The van der Waals surface area contributed by atoms with E-state index in [1.807, 2.05) is 21.0 Å². The first-order chi connectivity index (χ1) is 9.19. The van der Waals surface area contributed by atoms with Crippen LogP contribution in [0.25, 0.3) is 22.2 Å². The number of hydrogen-bond acceptors (Lipinski definition) is 2. The summed E-state index contributed by atoms with van der Waals surface area (Å²) in [6, 6.07) is 14.8. The molecule has 3 aromatic rings. The molecule has 19 heavy (non-hydrogen) atoms. The molecule has 0 atom stereocenters. The Bertz CT molecular complexity index is 741. The maximum absolute atomic E-state index is 4.59. The summed E-state index contributed by atoms with van der Waals surface area (Å²) in [5, 5.41) is 3.17. The molecule has 0 aliphatic carbocycles. The Balaban J connectivity index is 2.14. The maximum Gasteiger partial charge on any atom is 0.106 e. The lowest BCUT2D eigenvalue weighted by Crippen LogP contribution is -1.90. The van der Waals surface area contributed by atoms with Crippen LogP contribution in [0.2, 0.25) is 0 Å². The summed E-state index contributed by atoms with van der Waals surface area (Å²) in [7, 11) is 3.98. The van der Waals surface area contributed by atoms with E-state index in [0.717, 1.165) is 17.0 Å². The Hall–Kier alpha value is -2.29. The third-order valence-electron chi connectivity index (χ3n) is 3.59. The summed E-state index contributed by atoms with van der Waals surface area (Å²) in [6.07, 6.45) is 0. The van der Waals surface area contributed by atoms with E-state index in [4.69, 9.17) is 0 Å². The second kappa shape index (κ2) is 4.43. The highest BCUT2D eigenvalue weighted by Crippen LogP contribution is 2.26. The Morgan fingerprint density at radius 3 is 2.63 bits per heavy atom. The summed E-state index contributed by atoms with van der Waals surface area (Å²) in [6.45, 7) is 2.03. The normalized spacial score (nSPS) is 10.9. The van der Waals surface area contributed by atoms with Crippen LogP contribution >= 0.6 is 0 Å². The number of fused-ring (bicyclic) bond motifs is 1. The molecule has 3 heteroatoms. The van der Waals surface area contributed by atoms with Gasteiger partial charge >= 0.3 is 0 Å². The Morgan fingerprint density at radius 1 is 1.05 bits per heavy atom. The van der Waals surface area contributed by atoms with E-state index in [1.54, 1.807) is 0 Å². The van der Waals surface area contributed by atoms with Crippen molar-refractivity contribution >= 4 is 16.7 Å². The summed E-state index contributed by atoms with van der Waals surface area (Å²) in [4.78, 5) is 4.59. The van der Waals surface area contributed by atoms with Gasteiger partial charge in [0.05, 0.1) is 11.0 Å². The number of aromatic nitrogens is 2. The SMILES string of the molecule is CNc1cccc(-c2ccc3c(c2)nc(C)n3C)c1. The molecule has 0 radical (unpaired) electrons. The molecule has 0 aliphatic heterocycles. The number of nitrogens with zero attached hydrogens (tertiary/aromatic N) is 2. The molecule has 0 aliphatic rings. The van der Waals surface area contributed by atoms with Gasteiger partial charge in [0.15, 0.2) is 0 Å². The van der Waals surface area contributed by atoms with E-state index >= 15 is 0 Å². The van der Waals surface area contributed by atoms with E-state index < -0.39 is 0 Å². The fourth-order valence-corrected chi connectivity index (χ4v) is 2.35. The molecule has 0 unspecified atom stereocenters. The molecule has 0 spiro atoms. The van der Waals surface area contributed by atoms with Crippen molar-refractivity contribution in [1.82, 2.24) is 9.55 Å². The molecule has 96 valence electrons. The number of imidazole rings is 1. The van der Waals surface area contributed by atoms with Crippen LogP contribution in [0.15, 0.2) is 42.5 Å². The van der Waals surface area contributed by atoms with E-state index in [0.29, 0.717) is 0 Å². The zero-order valence-corrected chi connectivity index (χ0v) is 11.4. The Labute approximate surface area is 112 Å². The summed E-state index contributed by atoms with van der Waals surface area (Å²) in [5.74, 6) is 1.04. The third kappa shape index (κ3) is 1.97.